The molecule has 0 spiro atoms. The van der Waals surface area contributed by atoms with E-state index in [-0.39, 0.29) is 5.60 Å². The summed E-state index contributed by atoms with van der Waals surface area (Å²) >= 11 is 12.1. The number of H-pyrrole nitrogens is 1. The number of benzene rings is 1. The Morgan fingerprint density at radius 3 is 2.71 bits per heavy atom. The molecule has 0 saturated heterocycles. The van der Waals surface area contributed by atoms with Crippen LogP contribution in [0.3, 0.4) is 0 Å². The number of aromatic amines is 1. The summed E-state index contributed by atoms with van der Waals surface area (Å²) in [6, 6.07) is 3.82. The molecule has 4 heteroatoms. The van der Waals surface area contributed by atoms with Gasteiger partial charge >= 0.3 is 0 Å². The maximum Gasteiger partial charge on any atom is 0.102 e. The second-order valence-corrected chi connectivity index (χ2v) is 5.71. The minimum absolute atomic E-state index is 0.272. The zero-order valence-corrected chi connectivity index (χ0v) is 11.2. The van der Waals surface area contributed by atoms with Crippen LogP contribution in [-0.2, 0) is 16.8 Å². The van der Waals surface area contributed by atoms with Crippen molar-refractivity contribution in [1.82, 2.24) is 4.98 Å². The van der Waals surface area contributed by atoms with Crippen LogP contribution in [0, 0.1) is 0 Å². The minimum atomic E-state index is -0.272. The number of hydrogen-bond acceptors (Lipinski definition) is 1. The summed E-state index contributed by atoms with van der Waals surface area (Å²) in [5.41, 5.74) is 3.20. The third-order valence-electron chi connectivity index (χ3n) is 3.36. The van der Waals surface area contributed by atoms with Gasteiger partial charge in [0.15, 0.2) is 0 Å². The number of ether oxygens (including phenoxy) is 1. The second-order valence-electron chi connectivity index (χ2n) is 4.90. The van der Waals surface area contributed by atoms with Crippen molar-refractivity contribution in [1.29, 1.82) is 0 Å². The molecule has 0 radical (unpaired) electrons. The monoisotopic (exact) mass is 269 g/mol. The number of aromatic nitrogens is 1. The van der Waals surface area contributed by atoms with Gasteiger partial charge in [0, 0.05) is 10.9 Å². The van der Waals surface area contributed by atoms with Crippen LogP contribution in [0.15, 0.2) is 12.1 Å². The van der Waals surface area contributed by atoms with Gasteiger partial charge in [-0.3, -0.25) is 0 Å². The first-order chi connectivity index (χ1) is 7.99. The van der Waals surface area contributed by atoms with Crippen molar-refractivity contribution in [2.75, 3.05) is 6.61 Å². The first-order valence-electron chi connectivity index (χ1n) is 5.63. The van der Waals surface area contributed by atoms with Crippen molar-refractivity contribution in [2.24, 2.45) is 0 Å². The molecule has 0 atom stereocenters. The van der Waals surface area contributed by atoms with Gasteiger partial charge in [0.2, 0.25) is 0 Å². The molecule has 0 saturated carbocycles. The number of rotatable bonds is 0. The summed E-state index contributed by atoms with van der Waals surface area (Å²) < 4.78 is 5.78. The summed E-state index contributed by atoms with van der Waals surface area (Å²) in [5, 5.41) is 2.34. The van der Waals surface area contributed by atoms with E-state index in [4.69, 9.17) is 27.9 Å². The average molecular weight is 270 g/mol. The molecule has 2 nitrogen and oxygen atoms in total. The van der Waals surface area contributed by atoms with Crippen LogP contribution in [0.2, 0.25) is 10.0 Å². The molecule has 2 aromatic rings. The van der Waals surface area contributed by atoms with Gasteiger partial charge in [-0.25, -0.2) is 0 Å². The molecule has 0 fully saturated rings. The zero-order chi connectivity index (χ0) is 12.2. The third kappa shape index (κ3) is 1.67. The molecule has 2 heterocycles. The molecule has 17 heavy (non-hydrogen) atoms. The predicted molar refractivity (Wildman–Crippen MR) is 71.0 cm³/mol. The van der Waals surface area contributed by atoms with Crippen molar-refractivity contribution in [3.63, 3.8) is 0 Å². The molecule has 1 aromatic carbocycles. The van der Waals surface area contributed by atoms with Crippen LogP contribution in [0.25, 0.3) is 10.9 Å². The largest absolute Gasteiger partial charge is 0.369 e. The first kappa shape index (κ1) is 11.4. The van der Waals surface area contributed by atoms with Crippen LogP contribution >= 0.6 is 23.2 Å². The van der Waals surface area contributed by atoms with Crippen LogP contribution in [0.4, 0.5) is 0 Å². The van der Waals surface area contributed by atoms with E-state index in [2.05, 4.69) is 18.8 Å². The molecule has 0 bridgehead atoms. The topological polar surface area (TPSA) is 25.0 Å². The molecule has 90 valence electrons. The molecule has 1 N–H and O–H groups in total. The summed E-state index contributed by atoms with van der Waals surface area (Å²) in [5.74, 6) is 0. The van der Waals surface area contributed by atoms with Gasteiger partial charge in [-0.05, 0) is 38.0 Å². The van der Waals surface area contributed by atoms with Crippen LogP contribution in [-0.4, -0.2) is 11.6 Å². The zero-order valence-electron chi connectivity index (χ0n) is 9.73. The molecule has 1 aliphatic rings. The molecule has 3 rings (SSSR count). The van der Waals surface area contributed by atoms with Gasteiger partial charge in [0.1, 0.15) is 5.60 Å². The summed E-state index contributed by atoms with van der Waals surface area (Å²) in [7, 11) is 0. The highest BCUT2D eigenvalue weighted by Gasteiger charge is 2.31. The van der Waals surface area contributed by atoms with Crippen molar-refractivity contribution < 1.29 is 4.74 Å². The second kappa shape index (κ2) is 3.64. The Balaban J connectivity index is 2.34. The smallest absolute Gasteiger partial charge is 0.102 e. The third-order valence-corrected chi connectivity index (χ3v) is 4.09. The predicted octanol–water partition coefficient (Wildman–Crippen LogP) is 4.28. The maximum atomic E-state index is 6.08. The van der Waals surface area contributed by atoms with E-state index in [1.54, 1.807) is 0 Å². The molecule has 1 aliphatic heterocycles. The molecule has 0 unspecified atom stereocenters. The summed E-state index contributed by atoms with van der Waals surface area (Å²) in [4.78, 5) is 3.41. The fourth-order valence-corrected chi connectivity index (χ4v) is 2.83. The van der Waals surface area contributed by atoms with E-state index in [9.17, 15) is 0 Å². The summed E-state index contributed by atoms with van der Waals surface area (Å²) in [6.07, 6.45) is 0.913. The van der Waals surface area contributed by atoms with E-state index >= 15 is 0 Å². The van der Waals surface area contributed by atoms with Crippen LogP contribution in [0.5, 0.6) is 0 Å². The number of hydrogen-bond donors (Lipinski definition) is 1. The van der Waals surface area contributed by atoms with Crippen molar-refractivity contribution in [3.05, 3.63) is 33.4 Å². The van der Waals surface area contributed by atoms with E-state index in [0.29, 0.717) is 10.0 Å². The van der Waals surface area contributed by atoms with Gasteiger partial charge < -0.3 is 9.72 Å². The quantitative estimate of drug-likeness (QED) is 0.759. The maximum absolute atomic E-state index is 6.08. The highest BCUT2D eigenvalue weighted by molar-refractivity contribution is 6.42. The molecular weight excluding hydrogens is 257 g/mol. The van der Waals surface area contributed by atoms with Gasteiger partial charge in [0.05, 0.1) is 22.3 Å². The minimum Gasteiger partial charge on any atom is -0.369 e. The Morgan fingerprint density at radius 2 is 1.94 bits per heavy atom. The fraction of sp³-hybridized carbons (Fsp3) is 0.385. The molecular formula is C13H13Cl2NO. The first-order valence-corrected chi connectivity index (χ1v) is 6.38. The Hall–Kier alpha value is -0.700. The van der Waals surface area contributed by atoms with Crippen LogP contribution in [0.1, 0.15) is 25.1 Å². The Kier molecular flexibility index (Phi) is 2.44. The van der Waals surface area contributed by atoms with Crippen molar-refractivity contribution >= 4 is 34.1 Å². The fourth-order valence-electron chi connectivity index (χ4n) is 2.50. The van der Waals surface area contributed by atoms with E-state index in [1.807, 2.05) is 12.1 Å². The van der Waals surface area contributed by atoms with E-state index in [0.717, 1.165) is 29.6 Å². The van der Waals surface area contributed by atoms with Gasteiger partial charge in [-0.15, -0.1) is 0 Å². The van der Waals surface area contributed by atoms with E-state index in [1.165, 1.54) is 5.56 Å². The SMILES string of the molecule is CC1(C)OCCc2c1[nH]c1cc(Cl)c(Cl)cc21. The summed E-state index contributed by atoms with van der Waals surface area (Å²) in [6.45, 7) is 4.89. The van der Waals surface area contributed by atoms with E-state index < -0.39 is 0 Å². The standard InChI is InChI=1S/C13H13Cl2NO/c1-13(2)12-7(3-4-17-13)8-5-9(14)10(15)6-11(8)16-12/h5-6,16H,3-4H2,1-2H3. The van der Waals surface area contributed by atoms with Gasteiger partial charge in [-0.1, -0.05) is 23.2 Å². The van der Waals surface area contributed by atoms with Crippen LogP contribution < -0.4 is 0 Å². The molecule has 0 aliphatic carbocycles. The number of fused-ring (bicyclic) bond motifs is 3. The van der Waals surface area contributed by atoms with Gasteiger partial charge in [0.25, 0.3) is 0 Å². The Bertz CT molecular complexity index is 601. The van der Waals surface area contributed by atoms with Crippen molar-refractivity contribution in [3.8, 4) is 0 Å². The normalized spacial score (nSPS) is 18.4. The highest BCUT2D eigenvalue weighted by atomic mass is 35.5. The lowest BCUT2D eigenvalue weighted by Crippen LogP contribution is -2.29. The molecule has 0 amide bonds. The molecule has 1 aromatic heterocycles. The van der Waals surface area contributed by atoms with Gasteiger partial charge in [-0.2, -0.15) is 0 Å². The Labute approximate surface area is 110 Å². The lowest BCUT2D eigenvalue weighted by atomic mass is 9.95. The number of nitrogens with one attached hydrogen (secondary N) is 1. The Morgan fingerprint density at radius 1 is 1.24 bits per heavy atom. The lowest BCUT2D eigenvalue weighted by Gasteiger charge is -2.30. The highest BCUT2D eigenvalue weighted by Crippen LogP contribution is 2.38. The van der Waals surface area contributed by atoms with Crippen molar-refractivity contribution in [2.45, 2.75) is 25.9 Å². The average Bonchev–Trinajstić information content (AvgIpc) is 2.59. The number of halogens is 2. The lowest BCUT2D eigenvalue weighted by molar-refractivity contribution is -0.0339.